The standard InChI is InChI=1S/C19H18N2O3/c20-16-9-6-14(7-10-16)8-11-18(22)21-17(13-24-19(21)23)12-15-4-2-1-3-5-15/h1-11,17H,12-13,20H2/b11-8+/t17-/m0/s1. The smallest absolute Gasteiger partial charge is 0.417 e. The molecule has 122 valence electrons. The summed E-state index contributed by atoms with van der Waals surface area (Å²) in [5.74, 6) is -0.379. The normalized spacial score (nSPS) is 17.2. The zero-order valence-electron chi connectivity index (χ0n) is 13.1. The average molecular weight is 322 g/mol. The van der Waals surface area contributed by atoms with Crippen LogP contribution in [0.1, 0.15) is 11.1 Å². The number of carbonyl (C=O) groups is 2. The van der Waals surface area contributed by atoms with Crippen molar-refractivity contribution in [1.29, 1.82) is 0 Å². The molecule has 1 aliphatic heterocycles. The SMILES string of the molecule is Nc1ccc(/C=C/C(=O)N2C(=O)OC[C@@H]2Cc2ccccc2)cc1. The van der Waals surface area contributed by atoms with Gasteiger partial charge >= 0.3 is 6.09 Å². The number of ether oxygens (including phenoxy) is 1. The van der Waals surface area contributed by atoms with E-state index in [-0.39, 0.29) is 18.6 Å². The van der Waals surface area contributed by atoms with Crippen molar-refractivity contribution in [3.8, 4) is 0 Å². The van der Waals surface area contributed by atoms with Crippen LogP contribution in [-0.4, -0.2) is 29.5 Å². The minimum absolute atomic E-state index is 0.217. The van der Waals surface area contributed by atoms with Crippen LogP contribution in [0.2, 0.25) is 0 Å². The van der Waals surface area contributed by atoms with Crippen molar-refractivity contribution in [2.45, 2.75) is 12.5 Å². The monoisotopic (exact) mass is 322 g/mol. The van der Waals surface area contributed by atoms with Crippen LogP contribution in [0.25, 0.3) is 6.08 Å². The van der Waals surface area contributed by atoms with E-state index in [4.69, 9.17) is 10.5 Å². The molecule has 0 aromatic heterocycles. The Morgan fingerprint density at radius 2 is 1.88 bits per heavy atom. The number of anilines is 1. The van der Waals surface area contributed by atoms with Crippen LogP contribution in [0.4, 0.5) is 10.5 Å². The molecule has 2 aromatic carbocycles. The van der Waals surface area contributed by atoms with Crippen LogP contribution >= 0.6 is 0 Å². The molecule has 5 heteroatoms. The maximum atomic E-state index is 12.4. The Morgan fingerprint density at radius 3 is 2.58 bits per heavy atom. The number of nitrogens with zero attached hydrogens (tertiary/aromatic N) is 1. The third-order valence-electron chi connectivity index (χ3n) is 3.87. The fraction of sp³-hybridized carbons (Fsp3) is 0.158. The number of rotatable bonds is 4. The second-order valence-electron chi connectivity index (χ2n) is 5.63. The van der Waals surface area contributed by atoms with E-state index >= 15 is 0 Å². The highest BCUT2D eigenvalue weighted by molar-refractivity contribution is 6.02. The maximum Gasteiger partial charge on any atom is 0.417 e. The minimum atomic E-state index is -0.595. The first-order chi connectivity index (χ1) is 11.6. The molecule has 3 rings (SSSR count). The van der Waals surface area contributed by atoms with Gasteiger partial charge in [-0.25, -0.2) is 9.69 Å². The van der Waals surface area contributed by atoms with E-state index in [9.17, 15) is 9.59 Å². The van der Waals surface area contributed by atoms with Gasteiger partial charge in [0.2, 0.25) is 0 Å². The Labute approximate surface area is 140 Å². The zero-order valence-corrected chi connectivity index (χ0v) is 13.1. The summed E-state index contributed by atoms with van der Waals surface area (Å²) in [5, 5.41) is 0. The van der Waals surface area contributed by atoms with E-state index in [1.54, 1.807) is 18.2 Å². The first kappa shape index (κ1) is 15.8. The van der Waals surface area contributed by atoms with Crippen LogP contribution in [-0.2, 0) is 16.0 Å². The molecular weight excluding hydrogens is 304 g/mol. The molecule has 1 aliphatic rings. The second-order valence-corrected chi connectivity index (χ2v) is 5.63. The van der Waals surface area contributed by atoms with Gasteiger partial charge < -0.3 is 10.5 Å². The Kier molecular flexibility index (Phi) is 4.61. The van der Waals surface area contributed by atoms with Crippen molar-refractivity contribution in [2.75, 3.05) is 12.3 Å². The first-order valence-electron chi connectivity index (χ1n) is 7.71. The third-order valence-corrected chi connectivity index (χ3v) is 3.87. The van der Waals surface area contributed by atoms with Gasteiger partial charge in [-0.2, -0.15) is 0 Å². The van der Waals surface area contributed by atoms with E-state index < -0.39 is 6.09 Å². The van der Waals surface area contributed by atoms with Crippen molar-refractivity contribution in [3.63, 3.8) is 0 Å². The lowest BCUT2D eigenvalue weighted by Gasteiger charge is -2.18. The van der Waals surface area contributed by atoms with Gasteiger partial charge in [0.05, 0.1) is 6.04 Å². The predicted molar refractivity (Wildman–Crippen MR) is 92.0 cm³/mol. The molecule has 2 amide bonds. The van der Waals surface area contributed by atoms with E-state index in [0.717, 1.165) is 11.1 Å². The molecule has 24 heavy (non-hydrogen) atoms. The molecule has 0 radical (unpaired) electrons. The van der Waals surface area contributed by atoms with Gasteiger partial charge in [-0.3, -0.25) is 4.79 Å². The van der Waals surface area contributed by atoms with Crippen LogP contribution in [0.5, 0.6) is 0 Å². The zero-order chi connectivity index (χ0) is 16.9. The number of hydrogen-bond acceptors (Lipinski definition) is 4. The second kappa shape index (κ2) is 7.00. The molecule has 1 heterocycles. The average Bonchev–Trinajstić information content (AvgIpc) is 2.95. The largest absolute Gasteiger partial charge is 0.447 e. The number of cyclic esters (lactones) is 1. The number of benzene rings is 2. The Balaban J connectivity index is 1.71. The number of carbonyl (C=O) groups excluding carboxylic acids is 2. The van der Waals surface area contributed by atoms with Crippen LogP contribution in [0, 0.1) is 0 Å². The number of nitrogen functional groups attached to an aromatic ring is 1. The van der Waals surface area contributed by atoms with Crippen LogP contribution < -0.4 is 5.73 Å². The van der Waals surface area contributed by atoms with Gasteiger partial charge in [0.15, 0.2) is 0 Å². The molecule has 1 saturated heterocycles. The Hall–Kier alpha value is -3.08. The fourth-order valence-electron chi connectivity index (χ4n) is 2.62. The molecule has 0 bridgehead atoms. The Bertz CT molecular complexity index is 754. The van der Waals surface area contributed by atoms with Crippen LogP contribution in [0.15, 0.2) is 60.7 Å². The molecule has 0 saturated carbocycles. The quantitative estimate of drug-likeness (QED) is 0.694. The van der Waals surface area contributed by atoms with E-state index in [1.165, 1.54) is 11.0 Å². The number of imide groups is 1. The number of nitrogens with two attached hydrogens (primary N) is 1. The van der Waals surface area contributed by atoms with Crippen molar-refractivity contribution in [1.82, 2.24) is 4.90 Å². The molecule has 1 fully saturated rings. The third kappa shape index (κ3) is 3.63. The molecular formula is C19H18N2O3. The van der Waals surface area contributed by atoms with Gasteiger partial charge in [0, 0.05) is 11.8 Å². The lowest BCUT2D eigenvalue weighted by Crippen LogP contribution is -2.39. The lowest BCUT2D eigenvalue weighted by molar-refractivity contribution is -0.124. The Morgan fingerprint density at radius 1 is 1.17 bits per heavy atom. The van der Waals surface area contributed by atoms with Crippen molar-refractivity contribution in [2.24, 2.45) is 0 Å². The lowest BCUT2D eigenvalue weighted by atomic mass is 10.1. The summed E-state index contributed by atoms with van der Waals surface area (Å²) in [6.45, 7) is 0.217. The minimum Gasteiger partial charge on any atom is -0.447 e. The van der Waals surface area contributed by atoms with Crippen molar-refractivity contribution in [3.05, 3.63) is 71.8 Å². The van der Waals surface area contributed by atoms with Crippen molar-refractivity contribution < 1.29 is 14.3 Å². The van der Waals surface area contributed by atoms with Gasteiger partial charge in [-0.1, -0.05) is 42.5 Å². The van der Waals surface area contributed by atoms with E-state index in [1.807, 2.05) is 42.5 Å². The summed E-state index contributed by atoms with van der Waals surface area (Å²) in [5.41, 5.74) is 8.18. The molecule has 0 spiro atoms. The summed E-state index contributed by atoms with van der Waals surface area (Å²) in [6.07, 6.45) is 3.03. The molecule has 0 unspecified atom stereocenters. The summed E-state index contributed by atoms with van der Waals surface area (Å²) in [7, 11) is 0. The fourth-order valence-corrected chi connectivity index (χ4v) is 2.62. The highest BCUT2D eigenvalue weighted by Crippen LogP contribution is 2.18. The topological polar surface area (TPSA) is 72.6 Å². The van der Waals surface area contributed by atoms with E-state index in [2.05, 4.69) is 0 Å². The summed E-state index contributed by atoms with van der Waals surface area (Å²) < 4.78 is 5.05. The van der Waals surface area contributed by atoms with E-state index in [0.29, 0.717) is 12.1 Å². The molecule has 5 nitrogen and oxygen atoms in total. The molecule has 1 atom stereocenters. The van der Waals surface area contributed by atoms with Gasteiger partial charge in [-0.15, -0.1) is 0 Å². The molecule has 0 aliphatic carbocycles. The van der Waals surface area contributed by atoms with Gasteiger partial charge in [-0.05, 0) is 35.8 Å². The molecule has 2 aromatic rings. The summed E-state index contributed by atoms with van der Waals surface area (Å²) in [6, 6.07) is 16.6. The maximum absolute atomic E-state index is 12.4. The predicted octanol–water partition coefficient (Wildman–Crippen LogP) is 2.87. The van der Waals surface area contributed by atoms with Gasteiger partial charge in [0.1, 0.15) is 6.61 Å². The first-order valence-corrected chi connectivity index (χ1v) is 7.71. The molecule has 2 N–H and O–H groups in total. The number of amides is 2. The number of hydrogen-bond donors (Lipinski definition) is 1. The van der Waals surface area contributed by atoms with Crippen molar-refractivity contribution >= 4 is 23.8 Å². The highest BCUT2D eigenvalue weighted by atomic mass is 16.6. The highest BCUT2D eigenvalue weighted by Gasteiger charge is 2.36. The summed E-state index contributed by atoms with van der Waals surface area (Å²) in [4.78, 5) is 25.5. The van der Waals surface area contributed by atoms with Gasteiger partial charge in [0.25, 0.3) is 5.91 Å². The van der Waals surface area contributed by atoms with Crippen LogP contribution in [0.3, 0.4) is 0 Å². The summed E-state index contributed by atoms with van der Waals surface area (Å²) >= 11 is 0.